The molecule has 2 aromatic rings. The average molecular weight is 451 g/mol. The van der Waals surface area contributed by atoms with E-state index in [4.69, 9.17) is 0 Å². The summed E-state index contributed by atoms with van der Waals surface area (Å²) in [6, 6.07) is 3.70. The van der Waals surface area contributed by atoms with Gasteiger partial charge in [0.05, 0.1) is 15.6 Å². The molecule has 0 aliphatic heterocycles. The molecule has 2 rings (SSSR count). The van der Waals surface area contributed by atoms with E-state index in [1.54, 1.807) is 5.32 Å². The summed E-state index contributed by atoms with van der Waals surface area (Å²) in [6.07, 6.45) is -4.87. The molecule has 0 radical (unpaired) electrons. The van der Waals surface area contributed by atoms with Crippen molar-refractivity contribution in [2.24, 2.45) is 0 Å². The molecule has 0 aliphatic carbocycles. The third kappa shape index (κ3) is 5.27. The zero-order valence-electron chi connectivity index (χ0n) is 15.0. The van der Waals surface area contributed by atoms with Crippen molar-refractivity contribution in [2.75, 3.05) is 11.1 Å². The summed E-state index contributed by atoms with van der Waals surface area (Å²) in [7, 11) is -4.29. The molecular weight excluding hydrogens is 438 g/mol. The van der Waals surface area contributed by atoms with Gasteiger partial charge in [-0.2, -0.15) is 13.2 Å². The first-order valence-electron chi connectivity index (χ1n) is 7.87. The van der Waals surface area contributed by atoms with E-state index in [0.717, 1.165) is 31.2 Å². The first-order valence-corrected chi connectivity index (χ1v) is 9.52. The molecule has 1 aromatic heterocycles. The summed E-state index contributed by atoms with van der Waals surface area (Å²) in [5.41, 5.74) is -5.68. The van der Waals surface area contributed by atoms with Crippen LogP contribution in [-0.4, -0.2) is 40.7 Å². The molecule has 1 heterocycles. The van der Waals surface area contributed by atoms with Gasteiger partial charge in [-0.3, -0.25) is 14.9 Å². The average Bonchev–Trinajstić information content (AvgIpc) is 2.60. The van der Waals surface area contributed by atoms with Crippen molar-refractivity contribution in [3.63, 3.8) is 0 Å². The van der Waals surface area contributed by atoms with Crippen LogP contribution in [0, 0.1) is 15.9 Å². The minimum absolute atomic E-state index is 0.181. The predicted molar refractivity (Wildman–Crippen MR) is 93.6 cm³/mol. The molecule has 9 nitrogen and oxygen atoms in total. The molecule has 30 heavy (non-hydrogen) atoms. The van der Waals surface area contributed by atoms with E-state index in [1.807, 2.05) is 0 Å². The van der Waals surface area contributed by atoms with Gasteiger partial charge in [0.25, 0.3) is 11.6 Å². The Morgan fingerprint density at radius 1 is 1.27 bits per heavy atom. The molecule has 0 unspecified atom stereocenters. The van der Waals surface area contributed by atoms with E-state index in [1.165, 1.54) is 0 Å². The van der Waals surface area contributed by atoms with Gasteiger partial charge in [-0.25, -0.2) is 17.8 Å². The lowest BCUT2D eigenvalue weighted by molar-refractivity contribution is -0.388. The van der Waals surface area contributed by atoms with Crippen molar-refractivity contribution in [2.45, 2.75) is 23.6 Å². The molecule has 0 spiro atoms. The molecule has 2 N–H and O–H groups in total. The Labute approximate surface area is 166 Å². The SMILES string of the molecule is C[C@](O)(CS(=O)(=O)c1ccc(F)cc1)C(=O)Nc1cc(C(F)(F)F)c([N+](=O)[O-])cn1. The Bertz CT molecular complexity index is 1090. The van der Waals surface area contributed by atoms with E-state index in [0.29, 0.717) is 0 Å². The number of sulfone groups is 1. The van der Waals surface area contributed by atoms with Gasteiger partial charge in [-0.05, 0) is 31.2 Å². The fourth-order valence-corrected chi connectivity index (χ4v) is 3.89. The number of pyridine rings is 1. The third-order valence-corrected chi connectivity index (χ3v) is 5.69. The number of nitro groups is 1. The summed E-state index contributed by atoms with van der Waals surface area (Å²) in [4.78, 5) is 24.6. The van der Waals surface area contributed by atoms with Crippen LogP contribution in [0.25, 0.3) is 0 Å². The Kier molecular flexibility index (Phi) is 6.13. The van der Waals surface area contributed by atoms with Crippen molar-refractivity contribution < 1.29 is 40.8 Å². The molecule has 1 amide bonds. The van der Waals surface area contributed by atoms with Crippen LogP contribution in [-0.2, 0) is 20.8 Å². The Morgan fingerprint density at radius 3 is 2.33 bits per heavy atom. The van der Waals surface area contributed by atoms with Crippen molar-refractivity contribution in [3.05, 3.63) is 58.0 Å². The number of aliphatic hydroxyl groups is 1. The van der Waals surface area contributed by atoms with Gasteiger partial charge in [0.15, 0.2) is 15.4 Å². The summed E-state index contributed by atoms with van der Waals surface area (Å²) in [6.45, 7) is 0.791. The van der Waals surface area contributed by atoms with Crippen LogP contribution < -0.4 is 5.32 Å². The fourth-order valence-electron chi connectivity index (χ4n) is 2.30. The molecule has 162 valence electrons. The van der Waals surface area contributed by atoms with Crippen molar-refractivity contribution >= 4 is 27.2 Å². The number of carbonyl (C=O) groups excluding carboxylic acids is 1. The number of carbonyl (C=O) groups is 1. The van der Waals surface area contributed by atoms with Crippen LogP contribution in [0.1, 0.15) is 12.5 Å². The molecule has 1 atom stereocenters. The predicted octanol–water partition coefficient (Wildman–Crippen LogP) is 2.31. The molecule has 14 heteroatoms. The van der Waals surface area contributed by atoms with Gasteiger partial charge in [-0.1, -0.05) is 0 Å². The molecule has 0 aliphatic rings. The minimum atomic E-state index is -5.14. The van der Waals surface area contributed by atoms with Gasteiger partial charge in [0.2, 0.25) is 0 Å². The third-order valence-electron chi connectivity index (χ3n) is 3.76. The van der Waals surface area contributed by atoms with Crippen LogP contribution in [0.5, 0.6) is 0 Å². The maximum atomic E-state index is 13.0. The van der Waals surface area contributed by atoms with Crippen LogP contribution in [0.4, 0.5) is 29.1 Å². The number of benzene rings is 1. The first-order chi connectivity index (χ1) is 13.6. The maximum Gasteiger partial charge on any atom is 0.423 e. The van der Waals surface area contributed by atoms with Crippen LogP contribution in [0.2, 0.25) is 0 Å². The number of hydrogen-bond donors (Lipinski definition) is 2. The molecule has 0 saturated carbocycles. The second kappa shape index (κ2) is 7.95. The van der Waals surface area contributed by atoms with E-state index < -0.39 is 66.0 Å². The highest BCUT2D eigenvalue weighted by Gasteiger charge is 2.40. The lowest BCUT2D eigenvalue weighted by Gasteiger charge is -2.22. The number of nitrogens with zero attached hydrogens (tertiary/aromatic N) is 2. The van der Waals surface area contributed by atoms with E-state index >= 15 is 0 Å². The number of rotatable bonds is 6. The van der Waals surface area contributed by atoms with Crippen molar-refractivity contribution in [1.82, 2.24) is 4.98 Å². The molecule has 1 aromatic carbocycles. The lowest BCUT2D eigenvalue weighted by Crippen LogP contribution is -2.46. The van der Waals surface area contributed by atoms with Crippen molar-refractivity contribution in [3.8, 4) is 0 Å². The number of amides is 1. The molecular formula is C16H13F4N3O6S. The Hall–Kier alpha value is -3.13. The van der Waals surface area contributed by atoms with E-state index in [2.05, 4.69) is 4.98 Å². The maximum absolute atomic E-state index is 13.0. The lowest BCUT2D eigenvalue weighted by atomic mass is 10.1. The highest BCUT2D eigenvalue weighted by atomic mass is 32.2. The smallest absolute Gasteiger partial charge is 0.379 e. The molecule has 0 saturated heterocycles. The zero-order chi connectivity index (χ0) is 22.9. The minimum Gasteiger partial charge on any atom is -0.379 e. The van der Waals surface area contributed by atoms with E-state index in [9.17, 15) is 46.0 Å². The topological polar surface area (TPSA) is 140 Å². The Morgan fingerprint density at radius 2 is 1.83 bits per heavy atom. The quantitative estimate of drug-likeness (QED) is 0.297. The van der Waals surface area contributed by atoms with Crippen LogP contribution in [0.15, 0.2) is 41.4 Å². The van der Waals surface area contributed by atoms with E-state index in [-0.39, 0.29) is 12.3 Å². The van der Waals surface area contributed by atoms with Gasteiger partial charge in [-0.15, -0.1) is 0 Å². The summed E-state index contributed by atoms with van der Waals surface area (Å²) >= 11 is 0. The zero-order valence-corrected chi connectivity index (χ0v) is 15.8. The van der Waals surface area contributed by atoms with Crippen LogP contribution >= 0.6 is 0 Å². The monoisotopic (exact) mass is 451 g/mol. The number of nitrogens with one attached hydrogen (secondary N) is 1. The summed E-state index contributed by atoms with van der Waals surface area (Å²) < 4.78 is 76.6. The normalized spacial score (nSPS) is 14.1. The van der Waals surface area contributed by atoms with Gasteiger partial charge in [0.1, 0.15) is 23.4 Å². The van der Waals surface area contributed by atoms with Gasteiger partial charge in [0, 0.05) is 6.07 Å². The van der Waals surface area contributed by atoms with Crippen LogP contribution in [0.3, 0.4) is 0 Å². The fraction of sp³-hybridized carbons (Fsp3) is 0.250. The number of aromatic nitrogens is 1. The summed E-state index contributed by atoms with van der Waals surface area (Å²) in [5, 5.41) is 22.8. The largest absolute Gasteiger partial charge is 0.423 e. The number of hydrogen-bond acceptors (Lipinski definition) is 7. The van der Waals surface area contributed by atoms with Crippen molar-refractivity contribution in [1.29, 1.82) is 0 Å². The first kappa shape index (κ1) is 23.2. The second-order valence-electron chi connectivity index (χ2n) is 6.28. The highest BCUT2D eigenvalue weighted by molar-refractivity contribution is 7.91. The van der Waals surface area contributed by atoms with Gasteiger partial charge >= 0.3 is 6.18 Å². The number of halogens is 4. The molecule has 0 bridgehead atoms. The highest BCUT2D eigenvalue weighted by Crippen LogP contribution is 2.36. The summed E-state index contributed by atoms with van der Waals surface area (Å²) in [5.74, 6) is -4.13. The van der Waals surface area contributed by atoms with Gasteiger partial charge < -0.3 is 10.4 Å². The Balaban J connectivity index is 2.28. The standard InChI is InChI=1S/C16H13F4N3O6S/c1-15(25,8-30(28,29)10-4-2-9(17)3-5-10)14(24)22-13-6-11(16(18,19)20)12(7-21-13)23(26)27/h2-7,25H,8H2,1H3,(H,21,22,24)/t15-/m0/s1. The molecule has 0 fully saturated rings. The number of anilines is 1. The second-order valence-corrected chi connectivity index (χ2v) is 8.27. The number of alkyl halides is 3.